The second-order valence-corrected chi connectivity index (χ2v) is 6.73. The fraction of sp³-hybridized carbons (Fsp3) is 0.150. The Kier molecular flexibility index (Phi) is 5.59. The van der Waals surface area contributed by atoms with Gasteiger partial charge in [-0.3, -0.25) is 4.79 Å². The van der Waals surface area contributed by atoms with Crippen LogP contribution in [0.1, 0.15) is 18.5 Å². The predicted octanol–water partition coefficient (Wildman–Crippen LogP) is 4.41. The number of anilines is 1. The first kappa shape index (κ1) is 17.7. The quantitative estimate of drug-likeness (QED) is 0.683. The highest BCUT2D eigenvalue weighted by Gasteiger charge is 2.15. The lowest BCUT2D eigenvalue weighted by atomic mass is 10.00. The molecule has 128 valence electrons. The summed E-state index contributed by atoms with van der Waals surface area (Å²) in [6.07, 6.45) is 0. The lowest BCUT2D eigenvalue weighted by molar-refractivity contribution is -0.682. The topological polar surface area (TPSA) is 45.7 Å². The zero-order chi connectivity index (χ0) is 17.8. The van der Waals surface area contributed by atoms with Crippen LogP contribution in [0, 0.1) is 0 Å². The van der Waals surface area contributed by atoms with E-state index in [9.17, 15) is 4.79 Å². The van der Waals surface area contributed by atoms with Gasteiger partial charge in [-0.25, -0.2) is 0 Å². The van der Waals surface area contributed by atoms with Crippen molar-refractivity contribution >= 4 is 45.6 Å². The summed E-state index contributed by atoms with van der Waals surface area (Å²) >= 11 is 12.1. The molecule has 3 aromatic rings. The fourth-order valence-corrected chi connectivity index (χ4v) is 3.21. The average molecular weight is 374 g/mol. The van der Waals surface area contributed by atoms with E-state index in [1.165, 1.54) is 16.3 Å². The summed E-state index contributed by atoms with van der Waals surface area (Å²) in [5.74, 6) is -0.115. The van der Waals surface area contributed by atoms with Gasteiger partial charge in [-0.1, -0.05) is 71.7 Å². The van der Waals surface area contributed by atoms with Crippen molar-refractivity contribution in [2.45, 2.75) is 13.0 Å². The van der Waals surface area contributed by atoms with Crippen LogP contribution in [0.4, 0.5) is 5.69 Å². The van der Waals surface area contributed by atoms with Crippen LogP contribution in [-0.2, 0) is 4.79 Å². The van der Waals surface area contributed by atoms with Crippen LogP contribution in [0.25, 0.3) is 10.8 Å². The number of quaternary nitrogens is 1. The van der Waals surface area contributed by atoms with E-state index in [1.807, 2.05) is 23.5 Å². The van der Waals surface area contributed by atoms with Crippen molar-refractivity contribution in [2.24, 2.45) is 0 Å². The first-order valence-corrected chi connectivity index (χ1v) is 8.86. The van der Waals surface area contributed by atoms with E-state index in [-0.39, 0.29) is 11.9 Å². The first-order valence-electron chi connectivity index (χ1n) is 8.11. The van der Waals surface area contributed by atoms with Crippen LogP contribution < -0.4 is 10.6 Å². The largest absolute Gasteiger partial charge is 0.332 e. The number of amides is 1. The van der Waals surface area contributed by atoms with Gasteiger partial charge in [0.05, 0.1) is 15.7 Å². The molecule has 3 nitrogen and oxygen atoms in total. The highest BCUT2D eigenvalue weighted by Crippen LogP contribution is 2.29. The van der Waals surface area contributed by atoms with E-state index >= 15 is 0 Å². The average Bonchev–Trinajstić information content (AvgIpc) is 2.63. The van der Waals surface area contributed by atoms with Crippen molar-refractivity contribution in [3.05, 3.63) is 76.3 Å². The molecule has 0 aliphatic carbocycles. The molecule has 0 unspecified atom stereocenters. The third-order valence-electron chi connectivity index (χ3n) is 4.20. The minimum atomic E-state index is -0.115. The number of fused-ring (bicyclic) bond motifs is 1. The molecule has 0 heterocycles. The van der Waals surface area contributed by atoms with Gasteiger partial charge >= 0.3 is 0 Å². The SMILES string of the molecule is C[C@@H]([NH2+]CC(=O)Nc1cccc(Cl)c1Cl)c1cccc2ccccc12. The van der Waals surface area contributed by atoms with Gasteiger partial charge < -0.3 is 10.6 Å². The molecule has 0 bridgehead atoms. The second-order valence-electron chi connectivity index (χ2n) is 5.95. The number of nitrogens with two attached hydrogens (primary N) is 1. The molecule has 0 aliphatic heterocycles. The lowest BCUT2D eigenvalue weighted by Gasteiger charge is -2.14. The summed E-state index contributed by atoms with van der Waals surface area (Å²) in [7, 11) is 0. The molecule has 0 fully saturated rings. The number of hydrogen-bond donors (Lipinski definition) is 2. The highest BCUT2D eigenvalue weighted by atomic mass is 35.5. The number of rotatable bonds is 5. The van der Waals surface area contributed by atoms with Gasteiger partial charge in [0.25, 0.3) is 5.91 Å². The van der Waals surface area contributed by atoms with Gasteiger partial charge in [-0.05, 0) is 29.8 Å². The third-order valence-corrected chi connectivity index (χ3v) is 5.02. The summed E-state index contributed by atoms with van der Waals surface area (Å²) in [6.45, 7) is 2.40. The number of benzene rings is 3. The number of hydrogen-bond acceptors (Lipinski definition) is 1. The van der Waals surface area contributed by atoms with E-state index < -0.39 is 0 Å². The zero-order valence-electron chi connectivity index (χ0n) is 13.8. The van der Waals surface area contributed by atoms with Crippen LogP contribution in [0.3, 0.4) is 0 Å². The molecule has 3 N–H and O–H groups in total. The van der Waals surface area contributed by atoms with E-state index in [0.717, 1.165) is 0 Å². The van der Waals surface area contributed by atoms with Gasteiger partial charge in [0, 0.05) is 5.56 Å². The van der Waals surface area contributed by atoms with Crippen LogP contribution in [0.2, 0.25) is 10.0 Å². The first-order chi connectivity index (χ1) is 12.1. The Morgan fingerprint density at radius 1 is 1.04 bits per heavy atom. The van der Waals surface area contributed by atoms with Crippen molar-refractivity contribution in [1.29, 1.82) is 0 Å². The second kappa shape index (κ2) is 7.87. The summed E-state index contributed by atoms with van der Waals surface area (Å²) in [6, 6.07) is 19.9. The van der Waals surface area contributed by atoms with Gasteiger partial charge in [0.2, 0.25) is 0 Å². The Bertz CT molecular complexity index is 906. The molecule has 3 rings (SSSR count). The highest BCUT2D eigenvalue weighted by molar-refractivity contribution is 6.43. The molecular weight excluding hydrogens is 355 g/mol. The van der Waals surface area contributed by atoms with Crippen molar-refractivity contribution < 1.29 is 10.1 Å². The lowest BCUT2D eigenvalue weighted by Crippen LogP contribution is -2.86. The minimum absolute atomic E-state index is 0.115. The van der Waals surface area contributed by atoms with Gasteiger partial charge in [0.1, 0.15) is 6.04 Å². The Balaban J connectivity index is 1.66. The molecule has 1 atom stereocenters. The monoisotopic (exact) mass is 373 g/mol. The maximum atomic E-state index is 12.2. The smallest absolute Gasteiger partial charge is 0.279 e. The third kappa shape index (κ3) is 4.13. The van der Waals surface area contributed by atoms with E-state index in [1.54, 1.807) is 18.2 Å². The number of halogens is 2. The maximum Gasteiger partial charge on any atom is 0.279 e. The van der Waals surface area contributed by atoms with Gasteiger partial charge in [-0.15, -0.1) is 0 Å². The number of carbonyl (C=O) groups excluding carboxylic acids is 1. The number of nitrogens with one attached hydrogen (secondary N) is 1. The number of carbonyl (C=O) groups is 1. The summed E-state index contributed by atoms with van der Waals surface area (Å²) in [4.78, 5) is 12.2. The van der Waals surface area contributed by atoms with Gasteiger partial charge in [0.15, 0.2) is 6.54 Å². The van der Waals surface area contributed by atoms with Gasteiger partial charge in [-0.2, -0.15) is 0 Å². The molecule has 0 saturated carbocycles. The maximum absolute atomic E-state index is 12.2. The predicted molar refractivity (Wildman–Crippen MR) is 104 cm³/mol. The molecule has 0 radical (unpaired) electrons. The van der Waals surface area contributed by atoms with Crippen molar-refractivity contribution in [3.8, 4) is 0 Å². The van der Waals surface area contributed by atoms with Crippen molar-refractivity contribution in [3.63, 3.8) is 0 Å². The Hall–Kier alpha value is -2.07. The van der Waals surface area contributed by atoms with Crippen LogP contribution in [0.15, 0.2) is 60.7 Å². The summed E-state index contributed by atoms with van der Waals surface area (Å²) in [5, 5.41) is 8.02. The molecule has 0 spiro atoms. The Labute approximate surface area is 156 Å². The fourth-order valence-electron chi connectivity index (χ4n) is 2.86. The van der Waals surface area contributed by atoms with Crippen molar-refractivity contribution in [2.75, 3.05) is 11.9 Å². The molecule has 0 saturated heterocycles. The van der Waals surface area contributed by atoms with E-state index in [2.05, 4.69) is 36.5 Å². The molecular formula is C20H19Cl2N2O+. The zero-order valence-corrected chi connectivity index (χ0v) is 15.3. The summed E-state index contributed by atoms with van der Waals surface area (Å²) < 4.78 is 0. The molecule has 5 heteroatoms. The van der Waals surface area contributed by atoms with Crippen LogP contribution in [0.5, 0.6) is 0 Å². The van der Waals surface area contributed by atoms with Crippen LogP contribution in [-0.4, -0.2) is 12.5 Å². The molecule has 1 amide bonds. The molecule has 3 aromatic carbocycles. The standard InChI is InChI=1S/C20H18Cl2N2O/c1-13(15-9-4-7-14-6-2-3-8-16(14)15)23-12-19(25)24-18-11-5-10-17(21)20(18)22/h2-11,13,23H,12H2,1H3,(H,24,25)/p+1/t13-/m1/s1. The van der Waals surface area contributed by atoms with E-state index in [4.69, 9.17) is 23.2 Å². The Morgan fingerprint density at radius 3 is 2.60 bits per heavy atom. The van der Waals surface area contributed by atoms with Crippen molar-refractivity contribution in [1.82, 2.24) is 0 Å². The van der Waals surface area contributed by atoms with E-state index in [0.29, 0.717) is 22.3 Å². The summed E-state index contributed by atoms with van der Waals surface area (Å²) in [5.41, 5.74) is 1.75. The normalized spacial score (nSPS) is 12.1. The molecule has 25 heavy (non-hydrogen) atoms. The Morgan fingerprint density at radius 2 is 1.76 bits per heavy atom. The molecule has 0 aromatic heterocycles. The minimum Gasteiger partial charge on any atom is -0.332 e. The van der Waals surface area contributed by atoms with Crippen LogP contribution >= 0.6 is 23.2 Å². The molecule has 0 aliphatic rings.